The second-order valence-electron chi connectivity index (χ2n) is 3.51. The largest absolute Gasteiger partial charge is 0.252 e. The fourth-order valence-corrected chi connectivity index (χ4v) is 1.85. The molecule has 0 spiro atoms. The van der Waals surface area contributed by atoms with Gasteiger partial charge >= 0.3 is 0 Å². The second kappa shape index (κ2) is 2.42. The second-order valence-corrected chi connectivity index (χ2v) is 3.97. The third-order valence-electron chi connectivity index (χ3n) is 1.54. The Kier molecular flexibility index (Phi) is 1.90. The minimum atomic E-state index is 0.253. The van der Waals surface area contributed by atoms with Crippen LogP contribution in [-0.4, -0.2) is 5.71 Å². The Morgan fingerprint density at radius 1 is 1.60 bits per heavy atom. The zero-order valence-electron chi connectivity index (χ0n) is 6.68. The molecule has 0 atom stereocenters. The van der Waals surface area contributed by atoms with E-state index < -0.39 is 0 Å². The molecule has 2 heteroatoms. The third-order valence-corrected chi connectivity index (χ3v) is 1.77. The van der Waals surface area contributed by atoms with Crippen LogP contribution in [0.4, 0.5) is 0 Å². The SMILES string of the molecule is CC1=NC(S)=CC(C)(C)C1. The lowest BCUT2D eigenvalue weighted by Gasteiger charge is -2.23. The Labute approximate surface area is 67.6 Å². The van der Waals surface area contributed by atoms with Crippen LogP contribution in [0.25, 0.3) is 0 Å². The van der Waals surface area contributed by atoms with Crippen molar-refractivity contribution in [2.75, 3.05) is 0 Å². The van der Waals surface area contributed by atoms with Crippen LogP contribution in [0, 0.1) is 5.41 Å². The zero-order chi connectivity index (χ0) is 7.78. The molecule has 1 heterocycles. The summed E-state index contributed by atoms with van der Waals surface area (Å²) in [6.45, 7) is 6.44. The van der Waals surface area contributed by atoms with E-state index in [1.165, 1.54) is 5.71 Å². The maximum Gasteiger partial charge on any atom is 0.0894 e. The Bertz CT molecular complexity index is 201. The van der Waals surface area contributed by atoms with Crippen molar-refractivity contribution in [3.63, 3.8) is 0 Å². The van der Waals surface area contributed by atoms with Gasteiger partial charge in [-0.05, 0) is 24.8 Å². The van der Waals surface area contributed by atoms with E-state index in [0.29, 0.717) is 0 Å². The molecular weight excluding hydrogens is 142 g/mol. The van der Waals surface area contributed by atoms with E-state index in [4.69, 9.17) is 0 Å². The number of hydrogen-bond donors (Lipinski definition) is 1. The maximum absolute atomic E-state index is 4.22. The first-order valence-corrected chi connectivity index (χ1v) is 3.90. The van der Waals surface area contributed by atoms with Crippen molar-refractivity contribution in [1.29, 1.82) is 0 Å². The Hall–Kier alpha value is -0.240. The van der Waals surface area contributed by atoms with Gasteiger partial charge in [0, 0.05) is 5.71 Å². The highest BCUT2D eigenvalue weighted by atomic mass is 32.1. The number of nitrogens with zero attached hydrogens (tertiary/aromatic N) is 1. The van der Waals surface area contributed by atoms with Gasteiger partial charge < -0.3 is 0 Å². The first-order chi connectivity index (χ1) is 4.49. The van der Waals surface area contributed by atoms with Crippen molar-refractivity contribution in [1.82, 2.24) is 0 Å². The van der Waals surface area contributed by atoms with Crippen LogP contribution >= 0.6 is 12.6 Å². The molecule has 0 unspecified atom stereocenters. The minimum absolute atomic E-state index is 0.253. The summed E-state index contributed by atoms with van der Waals surface area (Å²) in [5.41, 5.74) is 1.43. The number of hydrogen-bond acceptors (Lipinski definition) is 2. The summed E-state index contributed by atoms with van der Waals surface area (Å²) in [7, 11) is 0. The van der Waals surface area contributed by atoms with E-state index >= 15 is 0 Å². The number of thiol groups is 1. The average Bonchev–Trinajstić information content (AvgIpc) is 1.54. The third kappa shape index (κ3) is 1.87. The predicted molar refractivity (Wildman–Crippen MR) is 48.6 cm³/mol. The average molecular weight is 155 g/mol. The Morgan fingerprint density at radius 2 is 2.20 bits per heavy atom. The Morgan fingerprint density at radius 3 is 2.60 bits per heavy atom. The molecule has 0 aromatic carbocycles. The van der Waals surface area contributed by atoms with Crippen molar-refractivity contribution in [2.24, 2.45) is 10.4 Å². The van der Waals surface area contributed by atoms with Crippen LogP contribution in [0.2, 0.25) is 0 Å². The van der Waals surface area contributed by atoms with E-state index in [0.717, 1.165) is 11.4 Å². The molecular formula is C8H13NS. The van der Waals surface area contributed by atoms with Crippen molar-refractivity contribution in [2.45, 2.75) is 27.2 Å². The molecule has 56 valence electrons. The molecule has 1 nitrogen and oxygen atoms in total. The monoisotopic (exact) mass is 155 g/mol. The van der Waals surface area contributed by atoms with Crippen LogP contribution in [-0.2, 0) is 0 Å². The molecule has 0 aromatic rings. The standard InChI is InChI=1S/C8H13NS/c1-6-4-8(2,3)5-7(10)9-6/h5,10H,4H2,1-3H3. The number of rotatable bonds is 0. The molecule has 1 rings (SSSR count). The predicted octanol–water partition coefficient (Wildman–Crippen LogP) is 2.65. The van der Waals surface area contributed by atoms with E-state index in [1.54, 1.807) is 0 Å². The molecule has 0 saturated carbocycles. The lowest BCUT2D eigenvalue weighted by Crippen LogP contribution is -2.16. The van der Waals surface area contributed by atoms with E-state index in [1.807, 2.05) is 6.92 Å². The van der Waals surface area contributed by atoms with Gasteiger partial charge in [-0.1, -0.05) is 13.8 Å². The topological polar surface area (TPSA) is 12.4 Å². The van der Waals surface area contributed by atoms with Gasteiger partial charge in [-0.2, -0.15) is 0 Å². The lowest BCUT2D eigenvalue weighted by molar-refractivity contribution is 0.495. The summed E-state index contributed by atoms with van der Waals surface area (Å²) in [6.07, 6.45) is 3.15. The molecule has 0 bridgehead atoms. The van der Waals surface area contributed by atoms with E-state index in [-0.39, 0.29) is 5.41 Å². The molecule has 0 radical (unpaired) electrons. The van der Waals surface area contributed by atoms with Gasteiger partial charge in [0.25, 0.3) is 0 Å². The van der Waals surface area contributed by atoms with Gasteiger partial charge in [-0.15, -0.1) is 12.6 Å². The van der Waals surface area contributed by atoms with Crippen molar-refractivity contribution in [3.05, 3.63) is 11.1 Å². The smallest absolute Gasteiger partial charge is 0.0894 e. The van der Waals surface area contributed by atoms with Gasteiger partial charge in [0.2, 0.25) is 0 Å². The fraction of sp³-hybridized carbons (Fsp3) is 0.625. The summed E-state index contributed by atoms with van der Waals surface area (Å²) < 4.78 is 0. The highest BCUT2D eigenvalue weighted by Crippen LogP contribution is 2.29. The highest BCUT2D eigenvalue weighted by molar-refractivity contribution is 7.84. The van der Waals surface area contributed by atoms with Gasteiger partial charge in [0.1, 0.15) is 0 Å². The number of aliphatic imine (C=N–C) groups is 1. The molecule has 0 aromatic heterocycles. The van der Waals surface area contributed by atoms with Crippen LogP contribution in [0.3, 0.4) is 0 Å². The molecule has 0 N–H and O–H groups in total. The quantitative estimate of drug-likeness (QED) is 0.516. The summed E-state index contributed by atoms with van der Waals surface area (Å²) in [5.74, 6) is 0. The zero-order valence-corrected chi connectivity index (χ0v) is 7.57. The highest BCUT2D eigenvalue weighted by Gasteiger charge is 2.19. The van der Waals surface area contributed by atoms with Gasteiger partial charge in [-0.3, -0.25) is 4.99 Å². The van der Waals surface area contributed by atoms with Crippen LogP contribution < -0.4 is 0 Å². The molecule has 10 heavy (non-hydrogen) atoms. The van der Waals surface area contributed by atoms with Crippen molar-refractivity contribution >= 4 is 18.3 Å². The molecule has 0 fully saturated rings. The molecule has 1 aliphatic heterocycles. The lowest BCUT2D eigenvalue weighted by atomic mass is 9.86. The van der Waals surface area contributed by atoms with Crippen LogP contribution in [0.15, 0.2) is 16.1 Å². The number of allylic oxidation sites excluding steroid dienone is 1. The fourth-order valence-electron chi connectivity index (χ4n) is 1.33. The van der Waals surface area contributed by atoms with E-state index in [2.05, 4.69) is 37.5 Å². The maximum atomic E-state index is 4.22. The summed E-state index contributed by atoms with van der Waals surface area (Å²) in [5, 5.41) is 0.855. The van der Waals surface area contributed by atoms with E-state index in [9.17, 15) is 0 Å². The van der Waals surface area contributed by atoms with Crippen molar-refractivity contribution in [3.8, 4) is 0 Å². The molecule has 1 aliphatic rings. The Balaban J connectivity index is 2.88. The van der Waals surface area contributed by atoms with Crippen LogP contribution in [0.1, 0.15) is 27.2 Å². The van der Waals surface area contributed by atoms with Crippen molar-refractivity contribution < 1.29 is 0 Å². The first kappa shape index (κ1) is 7.86. The van der Waals surface area contributed by atoms with Crippen LogP contribution in [0.5, 0.6) is 0 Å². The summed E-state index contributed by atoms with van der Waals surface area (Å²) >= 11 is 4.21. The van der Waals surface area contributed by atoms with Gasteiger partial charge in [0.15, 0.2) is 0 Å². The molecule has 0 saturated heterocycles. The first-order valence-electron chi connectivity index (χ1n) is 3.46. The summed E-state index contributed by atoms with van der Waals surface area (Å²) in [4.78, 5) is 4.22. The molecule has 0 aliphatic carbocycles. The minimum Gasteiger partial charge on any atom is -0.252 e. The van der Waals surface area contributed by atoms with Gasteiger partial charge in [-0.25, -0.2) is 0 Å². The molecule has 0 amide bonds. The normalized spacial score (nSPS) is 23.6. The summed E-state index contributed by atoms with van der Waals surface area (Å²) in [6, 6.07) is 0. The van der Waals surface area contributed by atoms with Gasteiger partial charge in [0.05, 0.1) is 5.03 Å².